The summed E-state index contributed by atoms with van der Waals surface area (Å²) in [5.74, 6) is 0.857. The van der Waals surface area contributed by atoms with E-state index in [9.17, 15) is 8.42 Å². The van der Waals surface area contributed by atoms with Crippen molar-refractivity contribution >= 4 is 9.84 Å². The third kappa shape index (κ3) is 4.25. The van der Waals surface area contributed by atoms with Crippen LogP contribution in [0, 0.1) is 5.92 Å². The Balaban J connectivity index is 2.62. The van der Waals surface area contributed by atoms with Gasteiger partial charge in [0.15, 0.2) is 9.84 Å². The van der Waals surface area contributed by atoms with Crippen LogP contribution < -0.4 is 5.32 Å². The molecule has 0 spiro atoms. The number of nitrogens with one attached hydrogen (secondary N) is 1. The molecule has 0 aromatic heterocycles. The van der Waals surface area contributed by atoms with Crippen molar-refractivity contribution in [3.63, 3.8) is 0 Å². The van der Waals surface area contributed by atoms with E-state index in [1.165, 1.54) is 32.1 Å². The number of rotatable bonds is 6. The maximum atomic E-state index is 12.1. The zero-order valence-electron chi connectivity index (χ0n) is 11.4. The van der Waals surface area contributed by atoms with Gasteiger partial charge in [-0.25, -0.2) is 8.42 Å². The molecule has 1 N–H and O–H groups in total. The van der Waals surface area contributed by atoms with Gasteiger partial charge in [-0.2, -0.15) is 0 Å². The Morgan fingerprint density at radius 3 is 2.29 bits per heavy atom. The molecule has 0 aromatic carbocycles. The summed E-state index contributed by atoms with van der Waals surface area (Å²) >= 11 is 0. The quantitative estimate of drug-likeness (QED) is 0.798. The van der Waals surface area contributed by atoms with Crippen LogP contribution in [0.2, 0.25) is 0 Å². The number of hydrogen-bond donors (Lipinski definition) is 1. The predicted molar refractivity (Wildman–Crippen MR) is 73.0 cm³/mol. The SMILES string of the molecule is CCC(C)S(=O)(=O)CC(NC)C1CCCCC1. The van der Waals surface area contributed by atoms with Gasteiger partial charge in [-0.1, -0.05) is 26.2 Å². The molecule has 2 unspecified atom stereocenters. The molecule has 102 valence electrons. The maximum Gasteiger partial charge on any atom is 0.154 e. The minimum Gasteiger partial charge on any atom is -0.316 e. The molecule has 0 aromatic rings. The van der Waals surface area contributed by atoms with Gasteiger partial charge in [-0.15, -0.1) is 0 Å². The van der Waals surface area contributed by atoms with E-state index in [4.69, 9.17) is 0 Å². The van der Waals surface area contributed by atoms with Crippen LogP contribution in [0.15, 0.2) is 0 Å². The molecule has 1 aliphatic rings. The molecule has 0 saturated heterocycles. The van der Waals surface area contributed by atoms with Gasteiger partial charge >= 0.3 is 0 Å². The molecule has 0 bridgehead atoms. The Hall–Kier alpha value is -0.0900. The van der Waals surface area contributed by atoms with E-state index in [2.05, 4.69) is 5.32 Å². The van der Waals surface area contributed by atoms with Crippen LogP contribution in [0.1, 0.15) is 52.4 Å². The lowest BCUT2D eigenvalue weighted by Crippen LogP contribution is -2.42. The highest BCUT2D eigenvalue weighted by Crippen LogP contribution is 2.27. The van der Waals surface area contributed by atoms with Crippen molar-refractivity contribution in [2.45, 2.75) is 63.7 Å². The summed E-state index contributed by atoms with van der Waals surface area (Å²) in [7, 11) is -1.04. The Labute approximate surface area is 106 Å². The molecule has 1 fully saturated rings. The third-order valence-corrected chi connectivity index (χ3v) is 6.57. The first-order valence-electron chi connectivity index (χ1n) is 6.90. The fourth-order valence-corrected chi connectivity index (χ4v) is 4.44. The van der Waals surface area contributed by atoms with Crippen molar-refractivity contribution in [2.75, 3.05) is 12.8 Å². The van der Waals surface area contributed by atoms with Crippen LogP contribution in [0.3, 0.4) is 0 Å². The molecule has 3 nitrogen and oxygen atoms in total. The van der Waals surface area contributed by atoms with Crippen molar-refractivity contribution in [1.29, 1.82) is 0 Å². The average molecular weight is 261 g/mol. The van der Waals surface area contributed by atoms with Gasteiger partial charge < -0.3 is 5.32 Å². The Bertz CT molecular complexity index is 307. The van der Waals surface area contributed by atoms with E-state index in [1.807, 2.05) is 20.9 Å². The summed E-state index contributed by atoms with van der Waals surface area (Å²) in [6.07, 6.45) is 6.90. The van der Waals surface area contributed by atoms with E-state index >= 15 is 0 Å². The molecule has 0 amide bonds. The highest BCUT2D eigenvalue weighted by atomic mass is 32.2. The topological polar surface area (TPSA) is 46.2 Å². The molecule has 2 atom stereocenters. The maximum absolute atomic E-state index is 12.1. The van der Waals surface area contributed by atoms with Crippen molar-refractivity contribution in [2.24, 2.45) is 5.92 Å². The lowest BCUT2D eigenvalue weighted by molar-refractivity contribution is 0.292. The van der Waals surface area contributed by atoms with E-state index in [-0.39, 0.29) is 11.3 Å². The molecule has 1 saturated carbocycles. The standard InChI is InChI=1S/C13H27NO2S/c1-4-11(2)17(15,16)10-13(14-3)12-8-6-5-7-9-12/h11-14H,4-10H2,1-3H3. The molecule has 17 heavy (non-hydrogen) atoms. The highest BCUT2D eigenvalue weighted by molar-refractivity contribution is 7.92. The van der Waals surface area contributed by atoms with Gasteiger partial charge in [0.05, 0.1) is 11.0 Å². The largest absolute Gasteiger partial charge is 0.316 e. The van der Waals surface area contributed by atoms with Gasteiger partial charge in [0.1, 0.15) is 0 Å². The van der Waals surface area contributed by atoms with Crippen molar-refractivity contribution in [1.82, 2.24) is 5.32 Å². The normalized spacial score (nSPS) is 22.3. The van der Waals surface area contributed by atoms with Gasteiger partial charge in [0.25, 0.3) is 0 Å². The number of hydrogen-bond acceptors (Lipinski definition) is 3. The second kappa shape index (κ2) is 6.74. The van der Waals surface area contributed by atoms with E-state index in [0.29, 0.717) is 18.1 Å². The Morgan fingerprint density at radius 2 is 1.82 bits per heavy atom. The molecule has 0 heterocycles. The first-order chi connectivity index (χ1) is 8.01. The average Bonchev–Trinajstić information content (AvgIpc) is 2.36. The van der Waals surface area contributed by atoms with Crippen LogP contribution in [0.5, 0.6) is 0 Å². The van der Waals surface area contributed by atoms with Crippen molar-refractivity contribution < 1.29 is 8.42 Å². The summed E-state index contributed by atoms with van der Waals surface area (Å²) in [6, 6.07) is 0.147. The third-order valence-electron chi connectivity index (χ3n) is 4.19. The van der Waals surface area contributed by atoms with E-state index < -0.39 is 9.84 Å². The Kier molecular flexibility index (Phi) is 5.93. The highest BCUT2D eigenvalue weighted by Gasteiger charge is 2.29. The lowest BCUT2D eigenvalue weighted by Gasteiger charge is -2.30. The molecule has 0 aliphatic heterocycles. The van der Waals surface area contributed by atoms with Gasteiger partial charge in [-0.3, -0.25) is 0 Å². The van der Waals surface area contributed by atoms with Crippen molar-refractivity contribution in [3.05, 3.63) is 0 Å². The molecule has 0 radical (unpaired) electrons. The first-order valence-corrected chi connectivity index (χ1v) is 8.61. The smallest absolute Gasteiger partial charge is 0.154 e. The van der Waals surface area contributed by atoms with E-state index in [1.54, 1.807) is 0 Å². The lowest BCUT2D eigenvalue weighted by atomic mass is 9.84. The zero-order valence-corrected chi connectivity index (χ0v) is 12.2. The summed E-state index contributed by atoms with van der Waals surface area (Å²) in [4.78, 5) is 0. The zero-order chi connectivity index (χ0) is 12.9. The number of sulfone groups is 1. The summed E-state index contributed by atoms with van der Waals surface area (Å²) in [5, 5.41) is 3.02. The summed E-state index contributed by atoms with van der Waals surface area (Å²) in [6.45, 7) is 3.76. The van der Waals surface area contributed by atoms with Crippen LogP contribution >= 0.6 is 0 Å². The van der Waals surface area contributed by atoms with Gasteiger partial charge in [0.2, 0.25) is 0 Å². The summed E-state index contributed by atoms with van der Waals surface area (Å²) in [5.41, 5.74) is 0. The molecular weight excluding hydrogens is 234 g/mol. The minimum absolute atomic E-state index is 0.147. The summed E-state index contributed by atoms with van der Waals surface area (Å²) < 4.78 is 24.3. The van der Waals surface area contributed by atoms with Crippen LogP contribution in [-0.4, -0.2) is 32.5 Å². The monoisotopic (exact) mass is 261 g/mol. The fourth-order valence-electron chi connectivity index (χ4n) is 2.66. The first kappa shape index (κ1) is 15.0. The van der Waals surface area contributed by atoms with Crippen molar-refractivity contribution in [3.8, 4) is 0 Å². The van der Waals surface area contributed by atoms with Gasteiger partial charge in [-0.05, 0) is 39.2 Å². The molecule has 1 rings (SSSR count). The van der Waals surface area contributed by atoms with Crippen LogP contribution in [0.25, 0.3) is 0 Å². The molecule has 1 aliphatic carbocycles. The predicted octanol–water partition coefficient (Wildman–Crippen LogP) is 2.37. The second-order valence-corrected chi connectivity index (χ2v) is 7.81. The van der Waals surface area contributed by atoms with Crippen LogP contribution in [-0.2, 0) is 9.84 Å². The fraction of sp³-hybridized carbons (Fsp3) is 1.00. The van der Waals surface area contributed by atoms with E-state index in [0.717, 1.165) is 0 Å². The van der Waals surface area contributed by atoms with Crippen LogP contribution in [0.4, 0.5) is 0 Å². The molecule has 4 heteroatoms. The minimum atomic E-state index is -2.93. The Morgan fingerprint density at radius 1 is 1.24 bits per heavy atom. The van der Waals surface area contributed by atoms with Gasteiger partial charge in [0, 0.05) is 6.04 Å². The molecular formula is C13H27NO2S. The second-order valence-electron chi connectivity index (χ2n) is 5.34.